The molecule has 6 heteroatoms. The lowest BCUT2D eigenvalue weighted by Gasteiger charge is -2.29. The van der Waals surface area contributed by atoms with Crippen LogP contribution in [0.15, 0.2) is 0 Å². The van der Waals surface area contributed by atoms with Crippen molar-refractivity contribution in [3.8, 4) is 0 Å². The predicted molar refractivity (Wildman–Crippen MR) is 65.9 cm³/mol. The number of carboxylic acids is 1. The van der Waals surface area contributed by atoms with E-state index in [1.54, 1.807) is 23.7 Å². The molecule has 0 spiro atoms. The minimum atomic E-state index is -0.986. The Balaban J connectivity index is 4.42. The van der Waals surface area contributed by atoms with Crippen molar-refractivity contribution in [2.75, 3.05) is 32.1 Å². The Bertz CT molecular complexity index is 246. The van der Waals surface area contributed by atoms with Crippen molar-refractivity contribution in [2.45, 2.75) is 19.9 Å². The van der Waals surface area contributed by atoms with Crippen molar-refractivity contribution in [1.29, 1.82) is 0 Å². The first-order chi connectivity index (χ1) is 7.40. The van der Waals surface area contributed by atoms with Gasteiger partial charge in [0.1, 0.15) is 6.54 Å². The number of urea groups is 1. The maximum atomic E-state index is 11.9. The molecular weight excluding hydrogens is 228 g/mol. The summed E-state index contributed by atoms with van der Waals surface area (Å²) in [4.78, 5) is 25.4. The van der Waals surface area contributed by atoms with Crippen molar-refractivity contribution in [3.63, 3.8) is 0 Å². The van der Waals surface area contributed by atoms with E-state index < -0.39 is 5.97 Å². The van der Waals surface area contributed by atoms with Gasteiger partial charge in [0.05, 0.1) is 0 Å². The largest absolute Gasteiger partial charge is 0.480 e. The number of hydrogen-bond acceptors (Lipinski definition) is 3. The van der Waals surface area contributed by atoms with Crippen molar-refractivity contribution in [3.05, 3.63) is 0 Å². The minimum Gasteiger partial charge on any atom is -0.480 e. The number of carbonyl (C=O) groups excluding carboxylic acids is 1. The zero-order chi connectivity index (χ0) is 12.7. The number of hydrogen-bond donors (Lipinski definition) is 1. The van der Waals surface area contributed by atoms with Gasteiger partial charge < -0.3 is 14.9 Å². The lowest BCUT2D eigenvalue weighted by Crippen LogP contribution is -2.47. The molecule has 0 heterocycles. The second-order valence-corrected chi connectivity index (χ2v) is 4.80. The average molecular weight is 248 g/mol. The second kappa shape index (κ2) is 7.38. The molecule has 0 fully saturated rings. The van der Waals surface area contributed by atoms with Crippen molar-refractivity contribution >= 4 is 23.8 Å². The average Bonchev–Trinajstić information content (AvgIpc) is 2.20. The van der Waals surface area contributed by atoms with Gasteiger partial charge >= 0.3 is 12.0 Å². The zero-order valence-corrected chi connectivity index (χ0v) is 11.1. The summed E-state index contributed by atoms with van der Waals surface area (Å²) in [5.41, 5.74) is 0. The molecule has 0 bridgehead atoms. The third kappa shape index (κ3) is 5.25. The standard InChI is InChI=1S/C10H20N2O3S/c1-8(2)12(7-9(13)14)10(15)11(3)5-6-16-4/h8H,5-7H2,1-4H3,(H,13,14). The number of rotatable bonds is 6. The molecule has 0 aliphatic carbocycles. The third-order valence-electron chi connectivity index (χ3n) is 2.13. The number of aliphatic carboxylic acids is 1. The Morgan fingerprint density at radius 2 is 1.94 bits per heavy atom. The minimum absolute atomic E-state index is 0.111. The number of carboxylic acid groups (broad SMARTS) is 1. The van der Waals surface area contributed by atoms with Gasteiger partial charge in [0.25, 0.3) is 0 Å². The molecule has 0 rings (SSSR count). The van der Waals surface area contributed by atoms with Gasteiger partial charge in [0.2, 0.25) is 0 Å². The van der Waals surface area contributed by atoms with Crippen LogP contribution in [-0.4, -0.2) is 65.1 Å². The molecule has 0 aromatic heterocycles. The molecule has 0 unspecified atom stereocenters. The molecule has 0 radical (unpaired) electrons. The monoisotopic (exact) mass is 248 g/mol. The molecule has 0 aromatic carbocycles. The summed E-state index contributed by atoms with van der Waals surface area (Å²) in [6, 6.07) is -0.341. The van der Waals surface area contributed by atoms with Crippen molar-refractivity contribution in [2.24, 2.45) is 0 Å². The van der Waals surface area contributed by atoms with Crippen LogP contribution in [-0.2, 0) is 4.79 Å². The first kappa shape index (κ1) is 15.1. The van der Waals surface area contributed by atoms with Gasteiger partial charge in [-0.1, -0.05) is 0 Å². The topological polar surface area (TPSA) is 60.9 Å². The molecule has 5 nitrogen and oxygen atoms in total. The maximum absolute atomic E-state index is 11.9. The first-order valence-corrected chi connectivity index (χ1v) is 6.52. The molecule has 0 saturated carbocycles. The summed E-state index contributed by atoms with van der Waals surface area (Å²) in [6.45, 7) is 4.00. The normalized spacial score (nSPS) is 10.3. The van der Waals surface area contributed by atoms with E-state index >= 15 is 0 Å². The Morgan fingerprint density at radius 1 is 1.38 bits per heavy atom. The quantitative estimate of drug-likeness (QED) is 0.767. The molecule has 0 saturated heterocycles. The summed E-state index contributed by atoms with van der Waals surface area (Å²) < 4.78 is 0. The van der Waals surface area contributed by atoms with Gasteiger partial charge in [-0.05, 0) is 20.1 Å². The summed E-state index contributed by atoms with van der Waals surface area (Å²) in [7, 11) is 1.69. The van der Waals surface area contributed by atoms with Crippen LogP contribution >= 0.6 is 11.8 Å². The molecular formula is C10H20N2O3S. The van der Waals surface area contributed by atoms with Gasteiger partial charge in [-0.25, -0.2) is 4.79 Å². The first-order valence-electron chi connectivity index (χ1n) is 5.12. The van der Waals surface area contributed by atoms with E-state index in [9.17, 15) is 9.59 Å². The predicted octanol–water partition coefficient (Wildman–Crippen LogP) is 1.20. The number of carbonyl (C=O) groups is 2. The Hall–Kier alpha value is -0.910. The molecule has 0 atom stereocenters. The van der Waals surface area contributed by atoms with Crippen LogP contribution in [0.3, 0.4) is 0 Å². The highest BCUT2D eigenvalue weighted by molar-refractivity contribution is 7.98. The Labute approximate surface area is 101 Å². The highest BCUT2D eigenvalue weighted by atomic mass is 32.2. The van der Waals surface area contributed by atoms with E-state index in [2.05, 4.69) is 0 Å². The van der Waals surface area contributed by atoms with Crippen LogP contribution in [0.25, 0.3) is 0 Å². The SMILES string of the molecule is CSCCN(C)C(=O)N(CC(=O)O)C(C)C. The molecule has 0 aliphatic heterocycles. The third-order valence-corrected chi connectivity index (χ3v) is 2.72. The molecule has 16 heavy (non-hydrogen) atoms. The van der Waals surface area contributed by atoms with Gasteiger partial charge in [0.15, 0.2) is 0 Å². The van der Waals surface area contributed by atoms with Gasteiger partial charge in [-0.15, -0.1) is 0 Å². The number of amides is 2. The van der Waals surface area contributed by atoms with E-state index in [4.69, 9.17) is 5.11 Å². The summed E-state index contributed by atoms with van der Waals surface area (Å²) in [6.07, 6.45) is 1.97. The van der Waals surface area contributed by atoms with Crippen LogP contribution in [0.5, 0.6) is 0 Å². The van der Waals surface area contributed by atoms with E-state index in [0.717, 1.165) is 5.75 Å². The second-order valence-electron chi connectivity index (χ2n) is 3.81. The lowest BCUT2D eigenvalue weighted by molar-refractivity contribution is -0.138. The van der Waals surface area contributed by atoms with Gasteiger partial charge in [-0.2, -0.15) is 11.8 Å². The molecule has 0 aliphatic rings. The highest BCUT2D eigenvalue weighted by Gasteiger charge is 2.22. The van der Waals surface area contributed by atoms with Crippen molar-refractivity contribution in [1.82, 2.24) is 9.80 Å². The zero-order valence-electron chi connectivity index (χ0n) is 10.3. The summed E-state index contributed by atoms with van der Waals surface area (Å²) in [5, 5.41) is 8.72. The van der Waals surface area contributed by atoms with E-state index in [0.29, 0.717) is 6.54 Å². The number of thioether (sulfide) groups is 1. The van der Waals surface area contributed by atoms with Gasteiger partial charge in [0, 0.05) is 25.4 Å². The molecule has 2 amide bonds. The van der Waals surface area contributed by atoms with E-state index in [1.807, 2.05) is 20.1 Å². The van der Waals surface area contributed by atoms with E-state index in [-0.39, 0.29) is 18.6 Å². The smallest absolute Gasteiger partial charge is 0.323 e. The fraction of sp³-hybridized carbons (Fsp3) is 0.800. The van der Waals surface area contributed by atoms with Crippen LogP contribution in [0.4, 0.5) is 4.79 Å². The van der Waals surface area contributed by atoms with Crippen LogP contribution in [0.1, 0.15) is 13.8 Å². The Kier molecular flexibility index (Phi) is 6.96. The number of nitrogens with zero attached hydrogens (tertiary/aromatic N) is 2. The maximum Gasteiger partial charge on any atom is 0.323 e. The fourth-order valence-corrected chi connectivity index (χ4v) is 1.62. The van der Waals surface area contributed by atoms with Crippen molar-refractivity contribution < 1.29 is 14.7 Å². The molecule has 94 valence electrons. The summed E-state index contributed by atoms with van der Waals surface area (Å²) in [5.74, 6) is -0.137. The highest BCUT2D eigenvalue weighted by Crippen LogP contribution is 2.04. The Morgan fingerprint density at radius 3 is 2.31 bits per heavy atom. The van der Waals surface area contributed by atoms with Crippen LogP contribution in [0.2, 0.25) is 0 Å². The van der Waals surface area contributed by atoms with Crippen LogP contribution < -0.4 is 0 Å². The summed E-state index contributed by atoms with van der Waals surface area (Å²) >= 11 is 1.65. The van der Waals surface area contributed by atoms with E-state index in [1.165, 1.54) is 4.90 Å². The van der Waals surface area contributed by atoms with Gasteiger partial charge in [-0.3, -0.25) is 4.79 Å². The fourth-order valence-electron chi connectivity index (χ4n) is 1.16. The molecule has 1 N–H and O–H groups in total. The van der Waals surface area contributed by atoms with Crippen LogP contribution in [0, 0.1) is 0 Å². The lowest BCUT2D eigenvalue weighted by atomic mass is 10.3. The molecule has 0 aromatic rings.